The van der Waals surface area contributed by atoms with E-state index in [1.165, 1.54) is 4.90 Å². The van der Waals surface area contributed by atoms with Crippen molar-refractivity contribution >= 4 is 6.09 Å². The molecule has 70 valence electrons. The van der Waals surface area contributed by atoms with Gasteiger partial charge < -0.3 is 10.0 Å². The fourth-order valence-corrected chi connectivity index (χ4v) is 1.30. The van der Waals surface area contributed by atoms with E-state index in [-0.39, 0.29) is 0 Å². The van der Waals surface area contributed by atoms with Crippen molar-refractivity contribution in [3.63, 3.8) is 0 Å². The minimum absolute atomic E-state index is 0.492. The summed E-state index contributed by atoms with van der Waals surface area (Å²) >= 11 is 0. The van der Waals surface area contributed by atoms with Crippen LogP contribution in [-0.2, 0) is 0 Å². The minimum Gasteiger partial charge on any atom is -0.465 e. The molecule has 1 aliphatic rings. The molecule has 0 fully saturated rings. The van der Waals surface area contributed by atoms with Crippen LogP contribution in [0, 0.1) is 0 Å². The van der Waals surface area contributed by atoms with Gasteiger partial charge in [0.1, 0.15) is 0 Å². The summed E-state index contributed by atoms with van der Waals surface area (Å²) in [6.45, 7) is 6.52. The number of hydrogen-bond acceptors (Lipinski definition) is 1. The number of hydrogen-bond donors (Lipinski definition) is 1. The second kappa shape index (κ2) is 3.94. The molecule has 1 N–H and O–H groups in total. The maximum atomic E-state index is 10.6. The molecule has 0 bridgehead atoms. The van der Waals surface area contributed by atoms with E-state index in [4.69, 9.17) is 5.11 Å². The van der Waals surface area contributed by atoms with Crippen molar-refractivity contribution < 1.29 is 9.90 Å². The van der Waals surface area contributed by atoms with Crippen LogP contribution in [0.1, 0.15) is 6.92 Å². The van der Waals surface area contributed by atoms with Gasteiger partial charge in [0, 0.05) is 13.1 Å². The molecule has 0 aromatic heterocycles. The molecule has 0 aliphatic carbocycles. The molecule has 0 atom stereocenters. The van der Waals surface area contributed by atoms with E-state index in [0.717, 1.165) is 11.1 Å². The highest BCUT2D eigenvalue weighted by Gasteiger charge is 2.20. The second-order valence-corrected chi connectivity index (χ2v) is 3.04. The number of amides is 1. The van der Waals surface area contributed by atoms with Gasteiger partial charge in [0.15, 0.2) is 0 Å². The summed E-state index contributed by atoms with van der Waals surface area (Å²) in [7, 11) is 0. The van der Waals surface area contributed by atoms with Gasteiger partial charge in [-0.2, -0.15) is 0 Å². The van der Waals surface area contributed by atoms with E-state index >= 15 is 0 Å². The lowest BCUT2D eigenvalue weighted by Gasteiger charge is -2.10. The van der Waals surface area contributed by atoms with Crippen molar-refractivity contribution in [3.8, 4) is 0 Å². The largest absolute Gasteiger partial charge is 0.465 e. The summed E-state index contributed by atoms with van der Waals surface area (Å²) in [5.41, 5.74) is 2.18. The SMILES string of the molecule is C=C/C=C\C1=C(C)CN(C(=O)O)C1. The molecule has 0 unspecified atom stereocenters. The first kappa shape index (κ1) is 9.58. The van der Waals surface area contributed by atoms with Gasteiger partial charge in [-0.1, -0.05) is 24.8 Å². The van der Waals surface area contributed by atoms with Crippen molar-refractivity contribution in [1.29, 1.82) is 0 Å². The molecule has 1 amide bonds. The summed E-state index contributed by atoms with van der Waals surface area (Å²) in [4.78, 5) is 12.0. The Balaban J connectivity index is 2.67. The zero-order chi connectivity index (χ0) is 9.84. The fraction of sp³-hybridized carbons (Fsp3) is 0.300. The number of allylic oxidation sites excluding steroid dienone is 2. The average molecular weight is 179 g/mol. The summed E-state index contributed by atoms with van der Waals surface area (Å²) < 4.78 is 0. The Labute approximate surface area is 77.7 Å². The normalized spacial score (nSPS) is 17.2. The number of nitrogens with zero attached hydrogens (tertiary/aromatic N) is 1. The van der Waals surface area contributed by atoms with Gasteiger partial charge >= 0.3 is 6.09 Å². The quantitative estimate of drug-likeness (QED) is 0.659. The highest BCUT2D eigenvalue weighted by atomic mass is 16.4. The summed E-state index contributed by atoms with van der Waals surface area (Å²) in [6, 6.07) is 0. The van der Waals surface area contributed by atoms with Gasteiger partial charge in [-0.25, -0.2) is 4.79 Å². The Morgan fingerprint density at radius 2 is 2.31 bits per heavy atom. The zero-order valence-electron chi connectivity index (χ0n) is 7.66. The lowest BCUT2D eigenvalue weighted by molar-refractivity contribution is 0.157. The lowest BCUT2D eigenvalue weighted by Crippen LogP contribution is -2.27. The lowest BCUT2D eigenvalue weighted by atomic mass is 10.2. The fourth-order valence-electron chi connectivity index (χ4n) is 1.30. The minimum atomic E-state index is -0.860. The number of carboxylic acid groups (broad SMARTS) is 1. The van der Waals surface area contributed by atoms with E-state index < -0.39 is 6.09 Å². The van der Waals surface area contributed by atoms with Gasteiger partial charge in [0.05, 0.1) is 0 Å². The molecule has 0 saturated heterocycles. The Morgan fingerprint density at radius 3 is 2.77 bits per heavy atom. The van der Waals surface area contributed by atoms with Gasteiger partial charge in [-0.05, 0) is 18.1 Å². The first-order chi connectivity index (χ1) is 6.15. The van der Waals surface area contributed by atoms with Crippen LogP contribution in [0.3, 0.4) is 0 Å². The predicted octanol–water partition coefficient (Wildman–Crippen LogP) is 2.04. The third kappa shape index (κ3) is 2.21. The van der Waals surface area contributed by atoms with Crippen molar-refractivity contribution in [1.82, 2.24) is 4.90 Å². The Morgan fingerprint density at radius 1 is 1.62 bits per heavy atom. The van der Waals surface area contributed by atoms with Crippen molar-refractivity contribution in [2.75, 3.05) is 13.1 Å². The van der Waals surface area contributed by atoms with Crippen LogP contribution in [0.4, 0.5) is 4.79 Å². The van der Waals surface area contributed by atoms with Crippen molar-refractivity contribution in [2.45, 2.75) is 6.92 Å². The maximum absolute atomic E-state index is 10.6. The number of carbonyl (C=O) groups is 1. The van der Waals surface area contributed by atoms with E-state index in [0.29, 0.717) is 13.1 Å². The zero-order valence-corrected chi connectivity index (χ0v) is 7.66. The molecule has 1 heterocycles. The highest BCUT2D eigenvalue weighted by Crippen LogP contribution is 2.17. The van der Waals surface area contributed by atoms with E-state index in [2.05, 4.69) is 6.58 Å². The second-order valence-electron chi connectivity index (χ2n) is 3.04. The highest BCUT2D eigenvalue weighted by molar-refractivity contribution is 5.67. The average Bonchev–Trinajstić information content (AvgIpc) is 2.44. The maximum Gasteiger partial charge on any atom is 0.407 e. The molecule has 0 aromatic rings. The molecule has 3 heteroatoms. The molecule has 0 aromatic carbocycles. The van der Waals surface area contributed by atoms with Gasteiger partial charge in [0.25, 0.3) is 0 Å². The van der Waals surface area contributed by atoms with Crippen LogP contribution in [0.15, 0.2) is 36.0 Å². The smallest absolute Gasteiger partial charge is 0.407 e. The standard InChI is InChI=1S/C10H13NO2/c1-3-4-5-9-7-11(10(12)13)6-8(9)2/h3-5H,1,6-7H2,2H3,(H,12,13)/b5-4-. The van der Waals surface area contributed by atoms with Crippen LogP contribution in [0.5, 0.6) is 0 Å². The Bertz CT molecular complexity index is 289. The van der Waals surface area contributed by atoms with E-state index in [9.17, 15) is 4.79 Å². The van der Waals surface area contributed by atoms with Crippen molar-refractivity contribution in [2.24, 2.45) is 0 Å². The molecule has 0 radical (unpaired) electrons. The predicted molar refractivity (Wildman–Crippen MR) is 51.6 cm³/mol. The van der Waals surface area contributed by atoms with Gasteiger partial charge in [0.2, 0.25) is 0 Å². The molecule has 3 nitrogen and oxygen atoms in total. The van der Waals surface area contributed by atoms with E-state index in [1.54, 1.807) is 6.08 Å². The van der Waals surface area contributed by atoms with Gasteiger partial charge in [-0.15, -0.1) is 0 Å². The van der Waals surface area contributed by atoms with Crippen LogP contribution in [-0.4, -0.2) is 29.2 Å². The van der Waals surface area contributed by atoms with E-state index in [1.807, 2.05) is 19.1 Å². The molecular weight excluding hydrogens is 166 g/mol. The number of rotatable bonds is 2. The molecule has 13 heavy (non-hydrogen) atoms. The topological polar surface area (TPSA) is 40.5 Å². The van der Waals surface area contributed by atoms with Gasteiger partial charge in [-0.3, -0.25) is 0 Å². The first-order valence-corrected chi connectivity index (χ1v) is 4.10. The molecule has 0 spiro atoms. The van der Waals surface area contributed by atoms with Crippen LogP contribution in [0.25, 0.3) is 0 Å². The summed E-state index contributed by atoms with van der Waals surface area (Å²) in [5, 5.41) is 8.73. The van der Waals surface area contributed by atoms with Crippen LogP contribution < -0.4 is 0 Å². The Kier molecular flexibility index (Phi) is 2.90. The first-order valence-electron chi connectivity index (χ1n) is 4.10. The molecule has 1 aliphatic heterocycles. The Hall–Kier alpha value is -1.51. The molecule has 1 rings (SSSR count). The van der Waals surface area contributed by atoms with Crippen molar-refractivity contribution in [3.05, 3.63) is 36.0 Å². The van der Waals surface area contributed by atoms with Crippen LogP contribution in [0.2, 0.25) is 0 Å². The van der Waals surface area contributed by atoms with Crippen LogP contribution >= 0.6 is 0 Å². The molecule has 0 saturated carbocycles. The third-order valence-corrected chi connectivity index (χ3v) is 2.04. The monoisotopic (exact) mass is 179 g/mol. The summed E-state index contributed by atoms with van der Waals surface area (Å²) in [5.74, 6) is 0. The third-order valence-electron chi connectivity index (χ3n) is 2.04. The summed E-state index contributed by atoms with van der Waals surface area (Å²) in [6.07, 6.45) is 4.56. The molecular formula is C10H13NO2.